The van der Waals surface area contributed by atoms with Crippen LogP contribution in [-0.4, -0.2) is 65.5 Å². The van der Waals surface area contributed by atoms with Gasteiger partial charge >= 0.3 is 5.69 Å². The quantitative estimate of drug-likeness (QED) is 0.317. The Morgan fingerprint density at radius 3 is 2.55 bits per heavy atom. The fourth-order valence-electron chi connectivity index (χ4n) is 2.21. The number of aromatic nitrogens is 2. The molecule has 108 valence electrons. The molecule has 5 N–H and O–H groups in total. The van der Waals surface area contributed by atoms with Gasteiger partial charge in [0.25, 0.3) is 0 Å². The van der Waals surface area contributed by atoms with Crippen LogP contribution in [0, 0.1) is 0 Å². The van der Waals surface area contributed by atoms with Gasteiger partial charge in [-0.15, -0.1) is 0 Å². The topological polar surface area (TPSA) is 140 Å². The Bertz CT molecular complexity index is 567. The molecule has 1 aromatic rings. The Hall–Kier alpha value is -1.39. The van der Waals surface area contributed by atoms with E-state index in [9.17, 15) is 15.0 Å². The van der Waals surface area contributed by atoms with Crippen molar-refractivity contribution in [2.75, 3.05) is 6.61 Å². The molecule has 9 nitrogen and oxygen atoms in total. The van der Waals surface area contributed by atoms with E-state index in [4.69, 9.17) is 15.7 Å². The Morgan fingerprint density at radius 1 is 1.40 bits per heavy atom. The van der Waals surface area contributed by atoms with Crippen molar-refractivity contribution in [1.29, 1.82) is 0 Å². The van der Waals surface area contributed by atoms with E-state index < -0.39 is 36.8 Å². The van der Waals surface area contributed by atoms with Gasteiger partial charge in [0.15, 0.2) is 14.1 Å². The summed E-state index contributed by atoms with van der Waals surface area (Å²) in [4.78, 5) is 20.1. The lowest BCUT2D eigenvalue weighted by Crippen LogP contribution is -2.49. The third-order valence-electron chi connectivity index (χ3n) is 3.51. The molecule has 1 fully saturated rings. The molecule has 0 amide bonds. The molecule has 0 spiro atoms. The molecule has 2 heterocycles. The van der Waals surface area contributed by atoms with Crippen LogP contribution in [0.15, 0.2) is 4.79 Å². The highest BCUT2D eigenvalue weighted by atomic mass is 16.6. The molecule has 20 heavy (non-hydrogen) atoms. The Kier molecular flexibility index (Phi) is 4.16. The van der Waals surface area contributed by atoms with E-state index in [1.807, 2.05) is 0 Å². The van der Waals surface area contributed by atoms with Crippen LogP contribution >= 0.6 is 0 Å². The fraction of sp³-hybridized carbons (Fsp3) is 0.556. The molecule has 0 aromatic carbocycles. The normalized spacial score (nSPS) is 29.6. The molecule has 4 unspecified atom stereocenters. The van der Waals surface area contributed by atoms with Crippen LogP contribution in [0.5, 0.6) is 5.88 Å². The van der Waals surface area contributed by atoms with Gasteiger partial charge < -0.3 is 24.9 Å². The van der Waals surface area contributed by atoms with Crippen molar-refractivity contribution in [3.05, 3.63) is 10.5 Å². The number of hydrogen-bond donors (Lipinski definition) is 4. The number of nitrogens with two attached hydrogens (primary N) is 1. The molecule has 0 radical (unpaired) electrons. The average Bonchev–Trinajstić information content (AvgIpc) is 2.71. The summed E-state index contributed by atoms with van der Waals surface area (Å²) in [6.07, 6.45) is -4.74. The summed E-state index contributed by atoms with van der Waals surface area (Å²) in [5, 5.41) is 28.7. The van der Waals surface area contributed by atoms with E-state index in [0.29, 0.717) is 11.1 Å². The van der Waals surface area contributed by atoms with Gasteiger partial charge in [-0.3, -0.25) is 4.57 Å². The lowest BCUT2D eigenvalue weighted by Gasteiger charge is -2.21. The maximum atomic E-state index is 12.0. The molecule has 0 bridgehead atoms. The number of hydrogen-bond acceptors (Lipinski definition) is 8. The SMILES string of the molecule is Bc1c(ON)nc(=O)n(C2OC(CO)C(O)C2O)c1B. The van der Waals surface area contributed by atoms with Crippen LogP contribution in [0.1, 0.15) is 6.23 Å². The highest BCUT2D eigenvalue weighted by Gasteiger charge is 2.44. The monoisotopic (exact) mass is 283 g/mol. The molecule has 0 saturated carbocycles. The van der Waals surface area contributed by atoms with Crippen molar-refractivity contribution in [1.82, 2.24) is 9.55 Å². The van der Waals surface area contributed by atoms with Gasteiger partial charge in [0.1, 0.15) is 26.2 Å². The molecule has 1 aromatic heterocycles. The minimum absolute atomic E-state index is 0.0181. The van der Waals surface area contributed by atoms with Crippen LogP contribution in [0.3, 0.4) is 0 Å². The van der Waals surface area contributed by atoms with Gasteiger partial charge in [-0.25, -0.2) is 4.79 Å². The van der Waals surface area contributed by atoms with Crippen molar-refractivity contribution >= 4 is 26.7 Å². The first-order chi connectivity index (χ1) is 9.42. The van der Waals surface area contributed by atoms with Gasteiger partial charge in [0.05, 0.1) is 6.61 Å². The zero-order valence-electron chi connectivity index (χ0n) is 11.1. The molecular formula is C9H15B2N3O6. The van der Waals surface area contributed by atoms with Gasteiger partial charge in [-0.1, -0.05) is 0 Å². The number of nitrogens with zero attached hydrogens (tertiary/aromatic N) is 2. The minimum Gasteiger partial charge on any atom is -0.394 e. The van der Waals surface area contributed by atoms with Crippen LogP contribution in [-0.2, 0) is 4.74 Å². The van der Waals surface area contributed by atoms with Crippen molar-refractivity contribution in [2.45, 2.75) is 24.5 Å². The Morgan fingerprint density at radius 2 is 2.05 bits per heavy atom. The number of ether oxygens (including phenoxy) is 1. The highest BCUT2D eigenvalue weighted by Crippen LogP contribution is 2.27. The van der Waals surface area contributed by atoms with Crippen LogP contribution in [0.2, 0.25) is 0 Å². The molecule has 1 saturated heterocycles. The molecular weight excluding hydrogens is 268 g/mol. The predicted octanol–water partition coefficient (Wildman–Crippen LogP) is -6.38. The van der Waals surface area contributed by atoms with Crippen LogP contribution in [0.4, 0.5) is 0 Å². The van der Waals surface area contributed by atoms with E-state index >= 15 is 0 Å². The predicted molar refractivity (Wildman–Crippen MR) is 72.7 cm³/mol. The fourth-order valence-corrected chi connectivity index (χ4v) is 2.21. The number of rotatable bonds is 3. The molecule has 2 rings (SSSR count). The van der Waals surface area contributed by atoms with E-state index in [1.54, 1.807) is 15.7 Å². The van der Waals surface area contributed by atoms with E-state index in [1.165, 1.54) is 0 Å². The third-order valence-corrected chi connectivity index (χ3v) is 3.51. The van der Waals surface area contributed by atoms with Crippen molar-refractivity contribution in [3.8, 4) is 5.88 Å². The molecule has 1 aliphatic heterocycles. The summed E-state index contributed by atoms with van der Waals surface area (Å²) in [5.74, 6) is 5.00. The third kappa shape index (κ3) is 2.23. The zero-order valence-corrected chi connectivity index (χ0v) is 11.1. The van der Waals surface area contributed by atoms with E-state index in [0.717, 1.165) is 4.57 Å². The smallest absolute Gasteiger partial charge is 0.352 e. The second-order valence-corrected chi connectivity index (χ2v) is 4.63. The van der Waals surface area contributed by atoms with Crippen molar-refractivity contribution < 1.29 is 24.9 Å². The molecule has 11 heteroatoms. The van der Waals surface area contributed by atoms with Gasteiger partial charge in [-0.05, 0) is 11.1 Å². The summed E-state index contributed by atoms with van der Waals surface area (Å²) in [6, 6.07) is 0. The average molecular weight is 283 g/mol. The first kappa shape index (κ1) is 15.0. The highest BCUT2D eigenvalue weighted by molar-refractivity contribution is 6.48. The van der Waals surface area contributed by atoms with Crippen molar-refractivity contribution in [3.63, 3.8) is 0 Å². The van der Waals surface area contributed by atoms with Crippen LogP contribution in [0.25, 0.3) is 0 Å². The standard InChI is InChI=1S/C9H15B2N3O6/c10-3-6(11)14(9(18)13-7(3)20-12)8-5(17)4(16)2(1-15)19-8/h2,4-5,8,15-17H,1,10-12H2. The molecule has 4 atom stereocenters. The lowest BCUT2D eigenvalue weighted by molar-refractivity contribution is -0.0534. The summed E-state index contributed by atoms with van der Waals surface area (Å²) in [6.45, 7) is -0.473. The number of aliphatic hydroxyl groups is 3. The second-order valence-electron chi connectivity index (χ2n) is 4.63. The van der Waals surface area contributed by atoms with Gasteiger partial charge in [0, 0.05) is 0 Å². The lowest BCUT2D eigenvalue weighted by atomic mass is 9.85. The Balaban J connectivity index is 2.49. The van der Waals surface area contributed by atoms with Gasteiger partial charge in [0.2, 0.25) is 5.88 Å². The van der Waals surface area contributed by atoms with E-state index in [-0.39, 0.29) is 5.88 Å². The summed E-state index contributed by atoms with van der Waals surface area (Å²) in [7, 11) is 3.25. The van der Waals surface area contributed by atoms with Gasteiger partial charge in [-0.2, -0.15) is 10.9 Å². The van der Waals surface area contributed by atoms with Crippen molar-refractivity contribution in [2.24, 2.45) is 5.90 Å². The first-order valence-electron chi connectivity index (χ1n) is 6.01. The first-order valence-corrected chi connectivity index (χ1v) is 6.01. The number of aliphatic hydroxyl groups excluding tert-OH is 3. The summed E-state index contributed by atoms with van der Waals surface area (Å²) < 4.78 is 6.41. The largest absolute Gasteiger partial charge is 0.394 e. The maximum absolute atomic E-state index is 12.0. The zero-order chi connectivity index (χ0) is 15.0. The Labute approximate surface area is 115 Å². The molecule has 0 aliphatic carbocycles. The van der Waals surface area contributed by atoms with E-state index in [2.05, 4.69) is 9.82 Å². The summed E-state index contributed by atoms with van der Waals surface area (Å²) >= 11 is 0. The molecule has 1 aliphatic rings. The maximum Gasteiger partial charge on any atom is 0.352 e. The minimum atomic E-state index is -1.35. The summed E-state index contributed by atoms with van der Waals surface area (Å²) in [5.41, 5.74) is 0.202. The second kappa shape index (κ2) is 5.54. The van der Waals surface area contributed by atoms with Crippen LogP contribution < -0.4 is 27.5 Å².